The summed E-state index contributed by atoms with van der Waals surface area (Å²) in [6.45, 7) is 0. The molecular weight excluding hydrogens is 765 g/mol. The number of hydrogen-bond donors (Lipinski definition) is 0. The SMILES string of the molecule is c1ccc(-n2c3ccccc3c3ccccc32)c(-c2ccc(N(c3ccc(-c4cc5ccccc5c5ccccc45)cc3)c3cccc4oc5c6ccccc6ccc5c34)cc2)c1. The maximum atomic E-state index is 6.74. The lowest BCUT2D eigenvalue weighted by Gasteiger charge is -2.27. The maximum Gasteiger partial charge on any atom is 0.143 e. The molecule has 0 aliphatic carbocycles. The van der Waals surface area contributed by atoms with Crippen LogP contribution in [0.3, 0.4) is 0 Å². The van der Waals surface area contributed by atoms with Gasteiger partial charge in [-0.3, -0.25) is 0 Å². The monoisotopic (exact) mass is 802 g/mol. The number of hydrogen-bond acceptors (Lipinski definition) is 2. The minimum Gasteiger partial charge on any atom is -0.455 e. The zero-order chi connectivity index (χ0) is 41.4. The Morgan fingerprint density at radius 1 is 0.349 bits per heavy atom. The van der Waals surface area contributed by atoms with Crippen molar-refractivity contribution in [2.75, 3.05) is 4.90 Å². The van der Waals surface area contributed by atoms with Crippen LogP contribution in [0.5, 0.6) is 0 Å². The van der Waals surface area contributed by atoms with Crippen LogP contribution >= 0.6 is 0 Å². The fraction of sp³-hybridized carbons (Fsp3) is 0. The summed E-state index contributed by atoms with van der Waals surface area (Å²) in [7, 11) is 0. The molecule has 13 aromatic rings. The van der Waals surface area contributed by atoms with E-state index in [9.17, 15) is 0 Å². The van der Waals surface area contributed by atoms with Crippen molar-refractivity contribution in [3.05, 3.63) is 231 Å². The quantitative estimate of drug-likeness (QED) is 0.156. The molecule has 0 fully saturated rings. The van der Waals surface area contributed by atoms with E-state index in [1.54, 1.807) is 0 Å². The first-order valence-corrected chi connectivity index (χ1v) is 21.6. The summed E-state index contributed by atoms with van der Waals surface area (Å²) < 4.78 is 9.15. The minimum absolute atomic E-state index is 0.861. The van der Waals surface area contributed by atoms with Crippen LogP contribution in [0.15, 0.2) is 235 Å². The molecule has 0 amide bonds. The van der Waals surface area contributed by atoms with E-state index >= 15 is 0 Å². The first-order valence-electron chi connectivity index (χ1n) is 21.6. The van der Waals surface area contributed by atoms with Gasteiger partial charge in [0, 0.05) is 38.5 Å². The molecule has 0 aliphatic rings. The Morgan fingerprint density at radius 2 is 0.905 bits per heavy atom. The smallest absolute Gasteiger partial charge is 0.143 e. The highest BCUT2D eigenvalue weighted by molar-refractivity contribution is 6.20. The Balaban J connectivity index is 0.984. The third-order valence-corrected chi connectivity index (χ3v) is 13.0. The van der Waals surface area contributed by atoms with Gasteiger partial charge in [0.15, 0.2) is 0 Å². The van der Waals surface area contributed by atoms with Crippen LogP contribution in [0, 0.1) is 0 Å². The van der Waals surface area contributed by atoms with Gasteiger partial charge < -0.3 is 13.9 Å². The molecule has 2 heterocycles. The third kappa shape index (κ3) is 5.53. The van der Waals surface area contributed by atoms with Crippen LogP contribution in [0.4, 0.5) is 17.1 Å². The number of furan rings is 1. The van der Waals surface area contributed by atoms with E-state index in [4.69, 9.17) is 4.42 Å². The van der Waals surface area contributed by atoms with Gasteiger partial charge in [0.05, 0.1) is 27.8 Å². The lowest BCUT2D eigenvalue weighted by molar-refractivity contribution is 0.672. The predicted octanol–water partition coefficient (Wildman–Crippen LogP) is 16.9. The number of rotatable bonds is 6. The molecule has 0 bridgehead atoms. The van der Waals surface area contributed by atoms with E-state index in [-0.39, 0.29) is 0 Å². The fourth-order valence-electron chi connectivity index (χ4n) is 10.1. The number of benzene rings is 11. The van der Waals surface area contributed by atoms with Crippen LogP contribution in [0.25, 0.3) is 104 Å². The van der Waals surface area contributed by atoms with Crippen LogP contribution in [-0.4, -0.2) is 4.57 Å². The molecule has 3 nitrogen and oxygen atoms in total. The molecule has 0 spiro atoms. The second-order valence-corrected chi connectivity index (χ2v) is 16.4. The Morgan fingerprint density at radius 3 is 1.62 bits per heavy atom. The summed E-state index contributed by atoms with van der Waals surface area (Å²) in [4.78, 5) is 2.39. The normalized spacial score (nSPS) is 11.8. The Bertz CT molecular complexity index is 3860. The van der Waals surface area contributed by atoms with E-state index in [2.05, 4.69) is 240 Å². The number of aromatic nitrogens is 1. The van der Waals surface area contributed by atoms with E-state index in [0.717, 1.165) is 61.0 Å². The maximum absolute atomic E-state index is 6.74. The van der Waals surface area contributed by atoms with Gasteiger partial charge in [-0.05, 0) is 110 Å². The Hall–Kier alpha value is -8.40. The van der Waals surface area contributed by atoms with Gasteiger partial charge in [0.1, 0.15) is 11.2 Å². The molecule has 0 aliphatic heterocycles. The molecule has 0 saturated carbocycles. The summed E-state index contributed by atoms with van der Waals surface area (Å²) in [6, 6.07) is 83.4. The van der Waals surface area contributed by atoms with Crippen LogP contribution in [0.1, 0.15) is 0 Å². The zero-order valence-corrected chi connectivity index (χ0v) is 34.2. The van der Waals surface area contributed by atoms with Crippen molar-refractivity contribution in [3.63, 3.8) is 0 Å². The number of anilines is 3. The van der Waals surface area contributed by atoms with Crippen molar-refractivity contribution in [3.8, 4) is 27.9 Å². The van der Waals surface area contributed by atoms with Gasteiger partial charge in [0.25, 0.3) is 0 Å². The first-order chi connectivity index (χ1) is 31.3. The lowest BCUT2D eigenvalue weighted by Crippen LogP contribution is -2.10. The van der Waals surface area contributed by atoms with Crippen LogP contribution < -0.4 is 4.90 Å². The van der Waals surface area contributed by atoms with Gasteiger partial charge >= 0.3 is 0 Å². The summed E-state index contributed by atoms with van der Waals surface area (Å²) in [5.41, 5.74) is 13.2. The molecule has 0 atom stereocenters. The molecule has 3 heteroatoms. The Kier molecular flexibility index (Phi) is 7.91. The minimum atomic E-state index is 0.861. The highest BCUT2D eigenvalue weighted by Crippen LogP contribution is 2.46. The van der Waals surface area contributed by atoms with Gasteiger partial charge in [0.2, 0.25) is 0 Å². The van der Waals surface area contributed by atoms with Crippen molar-refractivity contribution in [2.24, 2.45) is 0 Å². The van der Waals surface area contributed by atoms with Crippen molar-refractivity contribution in [1.29, 1.82) is 0 Å². The van der Waals surface area contributed by atoms with Crippen LogP contribution in [0.2, 0.25) is 0 Å². The number of para-hydroxylation sites is 3. The molecule has 11 aromatic carbocycles. The molecular formula is C60H38N2O. The van der Waals surface area contributed by atoms with Gasteiger partial charge in [-0.2, -0.15) is 0 Å². The predicted molar refractivity (Wildman–Crippen MR) is 266 cm³/mol. The molecule has 0 unspecified atom stereocenters. The van der Waals surface area contributed by atoms with E-state index in [1.165, 1.54) is 60.0 Å². The molecule has 0 radical (unpaired) electrons. The summed E-state index contributed by atoms with van der Waals surface area (Å²) in [5, 5.41) is 12.0. The van der Waals surface area contributed by atoms with Gasteiger partial charge in [-0.25, -0.2) is 0 Å². The van der Waals surface area contributed by atoms with Crippen molar-refractivity contribution >= 4 is 93.1 Å². The molecule has 0 saturated heterocycles. The summed E-state index contributed by atoms with van der Waals surface area (Å²) >= 11 is 0. The second kappa shape index (κ2) is 14.1. The molecule has 0 N–H and O–H groups in total. The average molecular weight is 803 g/mol. The average Bonchev–Trinajstić information content (AvgIpc) is 3.91. The number of fused-ring (bicyclic) bond motifs is 11. The summed E-state index contributed by atoms with van der Waals surface area (Å²) in [6.07, 6.45) is 0. The molecule has 294 valence electrons. The second-order valence-electron chi connectivity index (χ2n) is 16.4. The molecule has 2 aromatic heterocycles. The topological polar surface area (TPSA) is 21.3 Å². The zero-order valence-electron chi connectivity index (χ0n) is 34.2. The van der Waals surface area contributed by atoms with Crippen molar-refractivity contribution in [1.82, 2.24) is 4.57 Å². The third-order valence-electron chi connectivity index (χ3n) is 13.0. The largest absolute Gasteiger partial charge is 0.455 e. The van der Waals surface area contributed by atoms with Gasteiger partial charge in [-0.15, -0.1) is 0 Å². The first kappa shape index (κ1) is 35.4. The lowest BCUT2D eigenvalue weighted by atomic mass is 9.93. The Labute approximate surface area is 363 Å². The fourth-order valence-corrected chi connectivity index (χ4v) is 10.1. The van der Waals surface area contributed by atoms with E-state index < -0.39 is 0 Å². The number of nitrogens with zero attached hydrogens (tertiary/aromatic N) is 2. The highest BCUT2D eigenvalue weighted by Gasteiger charge is 2.22. The van der Waals surface area contributed by atoms with Gasteiger partial charge in [-0.1, -0.05) is 164 Å². The standard InChI is InChI=1S/C60H38N2O/c1-4-18-47-39(14-1)32-37-52-59-57(26-13-27-58(59)63-60(47)52)61(44-35-30-41(31-36-44)53-38-42-15-2-3-16-45(42)48-19-5-6-20-49(48)53)43-33-28-40(29-34-43)46-17-7-10-23-54(46)62-55-24-11-8-21-50(55)51-22-9-12-25-56(51)62/h1-38H. The summed E-state index contributed by atoms with van der Waals surface area (Å²) in [5.74, 6) is 0. The van der Waals surface area contributed by atoms with Crippen LogP contribution in [-0.2, 0) is 0 Å². The molecule has 13 rings (SSSR count). The van der Waals surface area contributed by atoms with E-state index in [0.29, 0.717) is 0 Å². The van der Waals surface area contributed by atoms with Crippen molar-refractivity contribution in [2.45, 2.75) is 0 Å². The molecule has 63 heavy (non-hydrogen) atoms. The van der Waals surface area contributed by atoms with E-state index in [1.807, 2.05) is 0 Å². The highest BCUT2D eigenvalue weighted by atomic mass is 16.3. The van der Waals surface area contributed by atoms with Crippen molar-refractivity contribution < 1.29 is 4.42 Å².